The third-order valence-electron chi connectivity index (χ3n) is 4.25. The van der Waals surface area contributed by atoms with E-state index in [1.807, 2.05) is 36.6 Å². The zero-order valence-electron chi connectivity index (χ0n) is 15.3. The summed E-state index contributed by atoms with van der Waals surface area (Å²) in [6.07, 6.45) is 3.08. The van der Waals surface area contributed by atoms with Crippen LogP contribution in [-0.2, 0) is 0 Å². The van der Waals surface area contributed by atoms with E-state index >= 15 is 0 Å². The highest BCUT2D eigenvalue weighted by Gasteiger charge is 2.12. The van der Waals surface area contributed by atoms with E-state index in [9.17, 15) is 9.59 Å². The second kappa shape index (κ2) is 8.06. The van der Waals surface area contributed by atoms with E-state index in [1.54, 1.807) is 30.5 Å². The Balaban J connectivity index is 1.80. The van der Waals surface area contributed by atoms with Crippen molar-refractivity contribution in [1.82, 2.24) is 15.0 Å². The molecule has 0 aliphatic rings. The smallest absolute Gasteiger partial charge is 0.274 e. The fourth-order valence-electron chi connectivity index (χ4n) is 2.87. The molecule has 0 unspecified atom stereocenters. The van der Waals surface area contributed by atoms with Crippen molar-refractivity contribution in [1.29, 1.82) is 0 Å². The summed E-state index contributed by atoms with van der Waals surface area (Å²) in [5, 5.41) is 4.14. The number of halogens is 1. The predicted octanol–water partition coefficient (Wildman–Crippen LogP) is 3.01. The van der Waals surface area contributed by atoms with Gasteiger partial charge in [-0.25, -0.2) is 10.4 Å². The van der Waals surface area contributed by atoms with Gasteiger partial charge in [-0.15, -0.1) is 0 Å². The van der Waals surface area contributed by atoms with Crippen molar-refractivity contribution in [2.75, 3.05) is 0 Å². The van der Waals surface area contributed by atoms with Gasteiger partial charge in [-0.1, -0.05) is 11.6 Å². The summed E-state index contributed by atoms with van der Waals surface area (Å²) < 4.78 is 2.02. The lowest BCUT2D eigenvalue weighted by molar-refractivity contribution is 0.0953. The first kappa shape index (κ1) is 19.3. The lowest BCUT2D eigenvalue weighted by Gasteiger charge is -2.10. The molecule has 8 heteroatoms. The number of carbonyl (C=O) groups excluding carboxylic acids is 2. The van der Waals surface area contributed by atoms with Crippen LogP contribution in [0.15, 0.2) is 53.8 Å². The molecule has 1 aromatic carbocycles. The van der Waals surface area contributed by atoms with Gasteiger partial charge in [-0.05, 0) is 56.3 Å². The van der Waals surface area contributed by atoms with Crippen molar-refractivity contribution in [3.8, 4) is 5.69 Å². The molecule has 3 aromatic rings. The van der Waals surface area contributed by atoms with Gasteiger partial charge >= 0.3 is 0 Å². The number of rotatable bonds is 5. The van der Waals surface area contributed by atoms with Crippen LogP contribution in [0.2, 0.25) is 5.15 Å². The topological polar surface area (TPSA) is 102 Å². The molecule has 2 heterocycles. The van der Waals surface area contributed by atoms with Crippen LogP contribution in [0.5, 0.6) is 0 Å². The van der Waals surface area contributed by atoms with Crippen LogP contribution in [0.1, 0.15) is 37.7 Å². The molecule has 2 amide bonds. The SMILES string of the molecule is Cc1cc(C=NNC(=O)c2cccnc2Cl)c(C)n1-c1ccc(C(N)=O)cc1. The summed E-state index contributed by atoms with van der Waals surface area (Å²) in [6, 6.07) is 12.2. The Morgan fingerprint density at radius 2 is 1.93 bits per heavy atom. The van der Waals surface area contributed by atoms with Gasteiger partial charge < -0.3 is 10.3 Å². The Morgan fingerprint density at radius 3 is 2.57 bits per heavy atom. The highest BCUT2D eigenvalue weighted by molar-refractivity contribution is 6.32. The van der Waals surface area contributed by atoms with Gasteiger partial charge in [-0.3, -0.25) is 9.59 Å². The van der Waals surface area contributed by atoms with Crippen molar-refractivity contribution >= 4 is 29.6 Å². The monoisotopic (exact) mass is 395 g/mol. The maximum absolute atomic E-state index is 12.1. The zero-order chi connectivity index (χ0) is 20.3. The molecule has 3 N–H and O–H groups in total. The Bertz CT molecular complexity index is 1070. The van der Waals surface area contributed by atoms with E-state index < -0.39 is 11.8 Å². The molecule has 0 radical (unpaired) electrons. The summed E-state index contributed by atoms with van der Waals surface area (Å²) in [6.45, 7) is 3.90. The van der Waals surface area contributed by atoms with Crippen molar-refractivity contribution in [3.63, 3.8) is 0 Å². The highest BCUT2D eigenvalue weighted by Crippen LogP contribution is 2.20. The van der Waals surface area contributed by atoms with Gasteiger partial charge in [0.05, 0.1) is 11.8 Å². The molecule has 7 nitrogen and oxygen atoms in total. The molecule has 0 fully saturated rings. The molecule has 28 heavy (non-hydrogen) atoms. The van der Waals surface area contributed by atoms with E-state index in [2.05, 4.69) is 15.5 Å². The molecule has 0 aliphatic heterocycles. The van der Waals surface area contributed by atoms with E-state index in [1.165, 1.54) is 6.20 Å². The Hall–Kier alpha value is -3.45. The normalized spacial score (nSPS) is 11.0. The van der Waals surface area contributed by atoms with Gasteiger partial charge in [0.2, 0.25) is 5.91 Å². The molecule has 0 aliphatic carbocycles. The number of carbonyl (C=O) groups is 2. The number of nitrogens with one attached hydrogen (secondary N) is 1. The molecular weight excluding hydrogens is 378 g/mol. The minimum atomic E-state index is -0.468. The lowest BCUT2D eigenvalue weighted by atomic mass is 10.2. The zero-order valence-corrected chi connectivity index (χ0v) is 16.1. The Labute approximate surface area is 166 Å². The van der Waals surface area contributed by atoms with Crippen LogP contribution in [0, 0.1) is 13.8 Å². The second-order valence-corrected chi connectivity index (χ2v) is 6.47. The largest absolute Gasteiger partial charge is 0.366 e. The minimum absolute atomic E-state index is 0.118. The van der Waals surface area contributed by atoms with Crippen LogP contribution in [-0.4, -0.2) is 27.6 Å². The molecule has 0 saturated heterocycles. The third kappa shape index (κ3) is 3.94. The summed E-state index contributed by atoms with van der Waals surface area (Å²) in [5.41, 5.74) is 12.1. The van der Waals surface area contributed by atoms with Gasteiger partial charge in [0, 0.05) is 34.4 Å². The van der Waals surface area contributed by atoms with E-state index in [-0.39, 0.29) is 10.7 Å². The fraction of sp³-hybridized carbons (Fsp3) is 0.100. The first-order valence-electron chi connectivity index (χ1n) is 8.41. The van der Waals surface area contributed by atoms with Crippen molar-refractivity contribution < 1.29 is 9.59 Å². The first-order chi connectivity index (χ1) is 13.4. The van der Waals surface area contributed by atoms with Crippen molar-refractivity contribution in [2.24, 2.45) is 10.8 Å². The molecule has 0 spiro atoms. The fourth-order valence-corrected chi connectivity index (χ4v) is 3.07. The van der Waals surface area contributed by atoms with Crippen LogP contribution in [0.25, 0.3) is 5.69 Å². The Kier molecular flexibility index (Phi) is 5.56. The Morgan fingerprint density at radius 1 is 1.21 bits per heavy atom. The lowest BCUT2D eigenvalue weighted by Crippen LogP contribution is -2.18. The number of nitrogens with two attached hydrogens (primary N) is 1. The average molecular weight is 396 g/mol. The van der Waals surface area contributed by atoms with Gasteiger partial charge in [0.25, 0.3) is 5.91 Å². The average Bonchev–Trinajstić information content (AvgIpc) is 2.95. The molecule has 0 atom stereocenters. The summed E-state index contributed by atoms with van der Waals surface area (Å²) >= 11 is 5.91. The van der Waals surface area contributed by atoms with E-state index in [0.29, 0.717) is 5.56 Å². The molecule has 3 rings (SSSR count). The van der Waals surface area contributed by atoms with E-state index in [0.717, 1.165) is 22.6 Å². The number of amides is 2. The quantitative estimate of drug-likeness (QED) is 0.394. The third-order valence-corrected chi connectivity index (χ3v) is 4.55. The summed E-state index contributed by atoms with van der Waals surface area (Å²) in [4.78, 5) is 27.2. The molecular formula is C20H18ClN5O2. The summed E-state index contributed by atoms with van der Waals surface area (Å²) in [5.74, 6) is -0.907. The number of nitrogens with zero attached hydrogens (tertiary/aromatic N) is 3. The standard InChI is InChI=1S/C20H18ClN5O2/c1-12-10-15(11-24-25-20(28)17-4-3-9-23-18(17)21)13(2)26(12)16-7-5-14(6-8-16)19(22)27/h3-11H,1-2H3,(H2,22,27)(H,25,28). The van der Waals surface area contributed by atoms with Crippen LogP contribution < -0.4 is 11.2 Å². The first-order valence-corrected chi connectivity index (χ1v) is 8.79. The number of benzene rings is 1. The number of pyridine rings is 1. The van der Waals surface area contributed by atoms with Crippen LogP contribution >= 0.6 is 11.6 Å². The van der Waals surface area contributed by atoms with Crippen LogP contribution in [0.4, 0.5) is 0 Å². The summed E-state index contributed by atoms with van der Waals surface area (Å²) in [7, 11) is 0. The number of hydrogen-bond acceptors (Lipinski definition) is 4. The molecule has 0 saturated carbocycles. The number of aryl methyl sites for hydroxylation is 1. The minimum Gasteiger partial charge on any atom is -0.366 e. The van der Waals surface area contributed by atoms with Crippen molar-refractivity contribution in [2.45, 2.75) is 13.8 Å². The van der Waals surface area contributed by atoms with Gasteiger partial charge in [0.1, 0.15) is 5.15 Å². The van der Waals surface area contributed by atoms with Crippen molar-refractivity contribution in [3.05, 3.63) is 81.9 Å². The number of primary amides is 1. The number of aromatic nitrogens is 2. The predicted molar refractivity (Wildman–Crippen MR) is 108 cm³/mol. The van der Waals surface area contributed by atoms with Crippen LogP contribution in [0.3, 0.4) is 0 Å². The van der Waals surface area contributed by atoms with Gasteiger partial charge in [0.15, 0.2) is 0 Å². The molecule has 142 valence electrons. The van der Waals surface area contributed by atoms with Gasteiger partial charge in [-0.2, -0.15) is 5.10 Å². The second-order valence-electron chi connectivity index (χ2n) is 6.11. The molecule has 0 bridgehead atoms. The maximum atomic E-state index is 12.1. The maximum Gasteiger partial charge on any atom is 0.274 e. The number of hydrazone groups is 1. The highest BCUT2D eigenvalue weighted by atomic mass is 35.5. The number of hydrogen-bond donors (Lipinski definition) is 2. The van der Waals surface area contributed by atoms with E-state index in [4.69, 9.17) is 17.3 Å². The molecule has 2 aromatic heterocycles.